The van der Waals surface area contributed by atoms with Gasteiger partial charge in [0.15, 0.2) is 5.82 Å². The number of anilines is 4. The summed E-state index contributed by atoms with van der Waals surface area (Å²) in [6.07, 6.45) is -0.569. The third kappa shape index (κ3) is 4.72. The number of nitrogens with two attached hydrogens (primary N) is 1. The van der Waals surface area contributed by atoms with Crippen LogP contribution in [0.15, 0.2) is 29.1 Å². The summed E-state index contributed by atoms with van der Waals surface area (Å²) >= 11 is 0. The maximum Gasteiger partial charge on any atom is 0.326 e. The van der Waals surface area contributed by atoms with Crippen molar-refractivity contribution < 1.29 is 24.6 Å². The number of carbonyl (C=O) groups is 3. The van der Waals surface area contributed by atoms with Crippen molar-refractivity contribution in [3.63, 3.8) is 0 Å². The van der Waals surface area contributed by atoms with E-state index in [2.05, 4.69) is 25.5 Å². The number of carbonyl (C=O) groups excluding carboxylic acids is 1. The molecule has 34 heavy (non-hydrogen) atoms. The fourth-order valence-corrected chi connectivity index (χ4v) is 4.24. The van der Waals surface area contributed by atoms with Gasteiger partial charge in [0.05, 0.1) is 6.04 Å². The van der Waals surface area contributed by atoms with Gasteiger partial charge in [-0.05, 0) is 30.7 Å². The van der Waals surface area contributed by atoms with Crippen LogP contribution < -0.4 is 31.7 Å². The Morgan fingerprint density at radius 1 is 1.21 bits per heavy atom. The zero-order chi connectivity index (χ0) is 24.4. The van der Waals surface area contributed by atoms with Crippen LogP contribution in [0.3, 0.4) is 0 Å². The minimum atomic E-state index is -1.29. The van der Waals surface area contributed by atoms with E-state index < -0.39 is 23.9 Å². The lowest BCUT2D eigenvalue weighted by Crippen LogP contribution is -2.59. The molecule has 13 heteroatoms. The number of nitrogens with zero attached hydrogens (tertiary/aromatic N) is 3. The van der Waals surface area contributed by atoms with Crippen molar-refractivity contribution in [2.24, 2.45) is 0 Å². The fourth-order valence-electron chi connectivity index (χ4n) is 4.24. The van der Waals surface area contributed by atoms with Crippen LogP contribution in [0.1, 0.15) is 23.2 Å². The van der Waals surface area contributed by atoms with Crippen LogP contribution in [0, 0.1) is 0 Å². The highest BCUT2D eigenvalue weighted by molar-refractivity contribution is 5.97. The smallest absolute Gasteiger partial charge is 0.326 e. The number of hydrogen-bond donors (Lipinski definition) is 6. The van der Waals surface area contributed by atoms with E-state index in [0.717, 1.165) is 5.69 Å². The number of amides is 1. The van der Waals surface area contributed by atoms with Crippen LogP contribution in [0.25, 0.3) is 0 Å². The first-order valence-corrected chi connectivity index (χ1v) is 10.7. The third-order valence-corrected chi connectivity index (χ3v) is 5.93. The zero-order valence-corrected chi connectivity index (χ0v) is 18.2. The Balaban J connectivity index is 1.41. The molecule has 2 aromatic rings. The number of H-pyrrole nitrogens is 1. The van der Waals surface area contributed by atoms with Gasteiger partial charge in [0.1, 0.15) is 11.7 Å². The molecule has 0 aliphatic carbocycles. The number of aromatic amines is 1. The molecule has 1 aromatic heterocycles. The number of aliphatic carboxylic acids is 2. The van der Waals surface area contributed by atoms with Crippen molar-refractivity contribution in [3.8, 4) is 0 Å². The van der Waals surface area contributed by atoms with Gasteiger partial charge in [-0.1, -0.05) is 0 Å². The molecule has 1 saturated heterocycles. The minimum Gasteiger partial charge on any atom is -0.481 e. The molecule has 2 unspecified atom stereocenters. The van der Waals surface area contributed by atoms with E-state index in [4.69, 9.17) is 10.8 Å². The quantitative estimate of drug-likeness (QED) is 0.305. The van der Waals surface area contributed by atoms with E-state index in [1.54, 1.807) is 24.3 Å². The standard InChI is InChI=1S/C21H25N7O6/c22-21-25-17-16(19(32)26-21)28-8-7-27(10-13(28)9-23-17)12-3-1-11(2-4-12)18(31)24-14(20(33)34)5-6-15(29)30/h1-4,13-14H,5-10H2,(H,24,31)(H,29,30)(H,33,34)(H4,22,23,25,26,32). The Kier molecular flexibility index (Phi) is 6.25. The highest BCUT2D eigenvalue weighted by Gasteiger charge is 2.34. The lowest BCUT2D eigenvalue weighted by molar-refractivity contribution is -0.140. The molecule has 0 saturated carbocycles. The molecule has 1 amide bonds. The number of hydrogen-bond acceptors (Lipinski definition) is 9. The molecule has 0 radical (unpaired) electrons. The summed E-state index contributed by atoms with van der Waals surface area (Å²) in [4.78, 5) is 57.8. The first-order chi connectivity index (χ1) is 16.2. The minimum absolute atomic E-state index is 0.0290. The van der Waals surface area contributed by atoms with Crippen molar-refractivity contribution in [1.29, 1.82) is 0 Å². The normalized spacial score (nSPS) is 17.7. The number of piperazine rings is 1. The van der Waals surface area contributed by atoms with Gasteiger partial charge in [-0.15, -0.1) is 0 Å². The van der Waals surface area contributed by atoms with E-state index in [0.29, 0.717) is 37.7 Å². The predicted octanol–water partition coefficient (Wildman–Crippen LogP) is -0.479. The molecule has 2 aliphatic rings. The second kappa shape index (κ2) is 9.29. The van der Waals surface area contributed by atoms with E-state index in [1.165, 1.54) is 0 Å². The maximum atomic E-state index is 12.5. The van der Waals surface area contributed by atoms with Crippen molar-refractivity contribution >= 4 is 41.0 Å². The van der Waals surface area contributed by atoms with E-state index >= 15 is 0 Å². The lowest BCUT2D eigenvalue weighted by atomic mass is 10.1. The molecule has 13 nitrogen and oxygen atoms in total. The van der Waals surface area contributed by atoms with Crippen molar-refractivity contribution in [2.75, 3.05) is 47.0 Å². The summed E-state index contributed by atoms with van der Waals surface area (Å²) < 4.78 is 0. The van der Waals surface area contributed by atoms with E-state index in [-0.39, 0.29) is 36.0 Å². The predicted molar refractivity (Wildman–Crippen MR) is 123 cm³/mol. The van der Waals surface area contributed by atoms with Gasteiger partial charge in [-0.25, -0.2) is 4.79 Å². The topological polar surface area (TPSA) is 194 Å². The number of fused-ring (bicyclic) bond motifs is 3. The van der Waals surface area contributed by atoms with Crippen LogP contribution in [0.4, 0.5) is 23.1 Å². The molecule has 7 N–H and O–H groups in total. The monoisotopic (exact) mass is 471 g/mol. The van der Waals surface area contributed by atoms with Gasteiger partial charge in [0.25, 0.3) is 11.5 Å². The van der Waals surface area contributed by atoms with E-state index in [1.807, 2.05) is 4.90 Å². The summed E-state index contributed by atoms with van der Waals surface area (Å²) in [6.45, 7) is 2.46. The molecule has 4 rings (SSSR count). The third-order valence-electron chi connectivity index (χ3n) is 5.93. The SMILES string of the molecule is Nc1nc2c(c(=O)[nH]1)N1CCN(c3ccc(C(=O)NC(CCC(=O)O)C(=O)O)cc3)CC1CN2. The fraction of sp³-hybridized carbons (Fsp3) is 0.381. The molecule has 0 bridgehead atoms. The molecule has 1 fully saturated rings. The molecule has 2 atom stereocenters. The van der Waals surface area contributed by atoms with Crippen molar-refractivity contribution in [3.05, 3.63) is 40.2 Å². The number of rotatable bonds is 7. The lowest BCUT2D eigenvalue weighted by Gasteiger charge is -2.46. The Hall–Kier alpha value is -4.29. The molecule has 2 aliphatic heterocycles. The highest BCUT2D eigenvalue weighted by atomic mass is 16.4. The first kappa shape index (κ1) is 22.9. The van der Waals surface area contributed by atoms with Crippen molar-refractivity contribution in [2.45, 2.75) is 24.9 Å². The summed E-state index contributed by atoms with van der Waals surface area (Å²) in [5, 5.41) is 23.5. The number of carboxylic acids is 2. The summed E-state index contributed by atoms with van der Waals surface area (Å²) in [7, 11) is 0. The second-order valence-electron chi connectivity index (χ2n) is 8.17. The number of carboxylic acid groups (broad SMARTS) is 2. The van der Waals surface area contributed by atoms with E-state index in [9.17, 15) is 24.3 Å². The van der Waals surface area contributed by atoms with Crippen LogP contribution in [-0.2, 0) is 9.59 Å². The highest BCUT2D eigenvalue weighted by Crippen LogP contribution is 2.30. The number of benzene rings is 1. The Labute approximate surface area is 193 Å². The first-order valence-electron chi connectivity index (χ1n) is 10.7. The number of aromatic nitrogens is 2. The summed E-state index contributed by atoms with van der Waals surface area (Å²) in [5.74, 6) is -2.47. The largest absolute Gasteiger partial charge is 0.481 e. The average Bonchev–Trinajstić information content (AvgIpc) is 2.80. The van der Waals surface area contributed by atoms with Gasteiger partial charge >= 0.3 is 11.9 Å². The molecule has 180 valence electrons. The number of nitrogen functional groups attached to an aromatic ring is 1. The summed E-state index contributed by atoms with van der Waals surface area (Å²) in [5.41, 5.74) is 6.98. The van der Waals surface area contributed by atoms with Crippen LogP contribution in [0.2, 0.25) is 0 Å². The molecule has 0 spiro atoms. The Morgan fingerprint density at radius 2 is 1.94 bits per heavy atom. The van der Waals surface area contributed by atoms with Crippen LogP contribution in [0.5, 0.6) is 0 Å². The van der Waals surface area contributed by atoms with Gasteiger partial charge in [-0.2, -0.15) is 4.98 Å². The summed E-state index contributed by atoms with van der Waals surface area (Å²) in [6, 6.07) is 5.48. The second-order valence-corrected chi connectivity index (χ2v) is 8.17. The maximum absolute atomic E-state index is 12.5. The molecule has 3 heterocycles. The van der Waals surface area contributed by atoms with Gasteiger partial charge < -0.3 is 36.4 Å². The molecular formula is C21H25N7O6. The Morgan fingerprint density at radius 3 is 2.62 bits per heavy atom. The van der Waals surface area contributed by atoms with Gasteiger partial charge in [-0.3, -0.25) is 19.4 Å². The van der Waals surface area contributed by atoms with Crippen molar-refractivity contribution in [1.82, 2.24) is 15.3 Å². The van der Waals surface area contributed by atoms with Gasteiger partial charge in [0.2, 0.25) is 5.95 Å². The van der Waals surface area contributed by atoms with Gasteiger partial charge in [0, 0.05) is 43.9 Å². The Bertz CT molecular complexity index is 1170. The average molecular weight is 471 g/mol. The molecule has 1 aromatic carbocycles. The van der Waals surface area contributed by atoms with Crippen LogP contribution >= 0.6 is 0 Å². The zero-order valence-electron chi connectivity index (χ0n) is 18.2. The molecular weight excluding hydrogens is 446 g/mol. The van der Waals surface area contributed by atoms with Crippen LogP contribution in [-0.4, -0.2) is 76.3 Å². The number of nitrogens with one attached hydrogen (secondary N) is 3.